The summed E-state index contributed by atoms with van der Waals surface area (Å²) in [5, 5.41) is 14.4. The first-order chi connectivity index (χ1) is 10.5. The zero-order valence-corrected chi connectivity index (χ0v) is 12.2. The van der Waals surface area contributed by atoms with Gasteiger partial charge in [0.15, 0.2) is 0 Å². The summed E-state index contributed by atoms with van der Waals surface area (Å²) in [6.45, 7) is 0. The molecule has 0 bridgehead atoms. The van der Waals surface area contributed by atoms with Crippen LogP contribution >= 0.6 is 0 Å². The number of allylic oxidation sites excluding steroid dienone is 2. The van der Waals surface area contributed by atoms with E-state index >= 15 is 0 Å². The molecule has 1 aliphatic rings. The maximum atomic E-state index is 12.3. The van der Waals surface area contributed by atoms with Crippen molar-refractivity contribution in [2.75, 3.05) is 12.4 Å². The highest BCUT2D eigenvalue weighted by molar-refractivity contribution is 5.98. The fourth-order valence-electron chi connectivity index (χ4n) is 2.49. The van der Waals surface area contributed by atoms with Crippen molar-refractivity contribution < 1.29 is 19.5 Å². The molecule has 0 unspecified atom stereocenters. The van der Waals surface area contributed by atoms with Crippen LogP contribution in [0.2, 0.25) is 0 Å². The molecule has 116 valence electrons. The number of hydrogen-bond donors (Lipinski definition) is 3. The Labute approximate surface area is 128 Å². The summed E-state index contributed by atoms with van der Waals surface area (Å²) in [4.78, 5) is 35.1. The van der Waals surface area contributed by atoms with Crippen molar-refractivity contribution in [3.8, 4) is 0 Å². The molecular formula is C16H18N2O4. The summed E-state index contributed by atoms with van der Waals surface area (Å²) in [5.74, 6) is -2.88. The molecule has 0 heterocycles. The standard InChI is InChI=1S/C16H18N2O4/c1-17-14(19)10-5-4-6-11(9-10)18-15(20)12-7-2-3-8-13(12)16(21)22/h2-6,9,12-13H,7-8H2,1H3,(H,17,19)(H,18,20)(H,21,22)/t12-,13+/m0/s1. The lowest BCUT2D eigenvalue weighted by molar-refractivity contribution is -0.146. The highest BCUT2D eigenvalue weighted by Gasteiger charge is 2.33. The molecule has 2 rings (SSSR count). The lowest BCUT2D eigenvalue weighted by atomic mass is 9.82. The van der Waals surface area contributed by atoms with Gasteiger partial charge in [0.1, 0.15) is 0 Å². The smallest absolute Gasteiger partial charge is 0.307 e. The highest BCUT2D eigenvalue weighted by Crippen LogP contribution is 2.27. The summed E-state index contributed by atoms with van der Waals surface area (Å²) in [6.07, 6.45) is 4.36. The second-order valence-corrected chi connectivity index (χ2v) is 5.14. The van der Waals surface area contributed by atoms with E-state index in [-0.39, 0.29) is 11.8 Å². The first-order valence-corrected chi connectivity index (χ1v) is 7.03. The third kappa shape index (κ3) is 3.52. The van der Waals surface area contributed by atoms with Crippen molar-refractivity contribution in [2.45, 2.75) is 12.8 Å². The van der Waals surface area contributed by atoms with E-state index < -0.39 is 17.8 Å². The van der Waals surface area contributed by atoms with E-state index in [2.05, 4.69) is 10.6 Å². The van der Waals surface area contributed by atoms with Gasteiger partial charge in [-0.15, -0.1) is 0 Å². The lowest BCUT2D eigenvalue weighted by Gasteiger charge is -2.24. The number of benzene rings is 1. The Balaban J connectivity index is 2.13. The number of rotatable bonds is 4. The average Bonchev–Trinajstić information content (AvgIpc) is 2.54. The van der Waals surface area contributed by atoms with Crippen LogP contribution in [0.3, 0.4) is 0 Å². The Morgan fingerprint density at radius 2 is 1.82 bits per heavy atom. The van der Waals surface area contributed by atoms with Crippen LogP contribution < -0.4 is 10.6 Å². The third-order valence-electron chi connectivity index (χ3n) is 3.71. The Morgan fingerprint density at radius 3 is 2.45 bits per heavy atom. The number of anilines is 1. The summed E-state index contributed by atoms with van der Waals surface area (Å²) >= 11 is 0. The monoisotopic (exact) mass is 302 g/mol. The summed E-state index contributed by atoms with van der Waals surface area (Å²) in [7, 11) is 1.53. The van der Waals surface area contributed by atoms with Crippen molar-refractivity contribution >= 4 is 23.5 Å². The van der Waals surface area contributed by atoms with E-state index in [0.717, 1.165) is 0 Å². The van der Waals surface area contributed by atoms with Gasteiger partial charge in [-0.05, 0) is 31.0 Å². The van der Waals surface area contributed by atoms with Crippen LogP contribution in [0.25, 0.3) is 0 Å². The molecule has 0 spiro atoms. The molecule has 0 aliphatic heterocycles. The van der Waals surface area contributed by atoms with Gasteiger partial charge in [0, 0.05) is 18.3 Å². The van der Waals surface area contributed by atoms with Crippen LogP contribution in [0.5, 0.6) is 0 Å². The van der Waals surface area contributed by atoms with Crippen LogP contribution in [0.4, 0.5) is 5.69 Å². The van der Waals surface area contributed by atoms with Crippen LogP contribution in [-0.4, -0.2) is 29.9 Å². The number of aliphatic carboxylic acids is 1. The fourth-order valence-corrected chi connectivity index (χ4v) is 2.49. The van der Waals surface area contributed by atoms with E-state index in [1.165, 1.54) is 7.05 Å². The molecule has 0 radical (unpaired) electrons. The summed E-state index contributed by atoms with van der Waals surface area (Å²) in [6, 6.07) is 6.53. The van der Waals surface area contributed by atoms with E-state index in [4.69, 9.17) is 0 Å². The van der Waals surface area contributed by atoms with Crippen LogP contribution in [0.1, 0.15) is 23.2 Å². The number of carbonyl (C=O) groups excluding carboxylic acids is 2. The molecule has 0 fully saturated rings. The second-order valence-electron chi connectivity index (χ2n) is 5.14. The first kappa shape index (κ1) is 15.8. The predicted octanol–water partition coefficient (Wildman–Crippen LogP) is 1.65. The van der Waals surface area contributed by atoms with Crippen molar-refractivity contribution in [1.29, 1.82) is 0 Å². The minimum absolute atomic E-state index is 0.250. The number of carboxylic acid groups (broad SMARTS) is 1. The molecule has 0 saturated heterocycles. The summed E-state index contributed by atoms with van der Waals surface area (Å²) in [5.41, 5.74) is 0.906. The minimum Gasteiger partial charge on any atom is -0.481 e. The lowest BCUT2D eigenvalue weighted by Crippen LogP contribution is -2.34. The Bertz CT molecular complexity index is 624. The zero-order valence-electron chi connectivity index (χ0n) is 12.2. The third-order valence-corrected chi connectivity index (χ3v) is 3.71. The van der Waals surface area contributed by atoms with Crippen molar-refractivity contribution in [1.82, 2.24) is 5.32 Å². The minimum atomic E-state index is -0.969. The van der Waals surface area contributed by atoms with Gasteiger partial charge in [0.05, 0.1) is 11.8 Å². The maximum Gasteiger partial charge on any atom is 0.307 e. The molecule has 22 heavy (non-hydrogen) atoms. The number of nitrogens with one attached hydrogen (secondary N) is 2. The normalized spacial score (nSPS) is 20.2. The Morgan fingerprint density at radius 1 is 1.14 bits per heavy atom. The van der Waals surface area contributed by atoms with E-state index in [1.54, 1.807) is 30.3 Å². The molecule has 0 saturated carbocycles. The Hall–Kier alpha value is -2.63. The first-order valence-electron chi connectivity index (χ1n) is 7.03. The molecule has 2 atom stereocenters. The molecule has 0 aromatic heterocycles. The van der Waals surface area contributed by atoms with E-state index in [9.17, 15) is 19.5 Å². The highest BCUT2D eigenvalue weighted by atomic mass is 16.4. The van der Waals surface area contributed by atoms with Gasteiger partial charge in [-0.2, -0.15) is 0 Å². The molecule has 1 aliphatic carbocycles. The van der Waals surface area contributed by atoms with Crippen LogP contribution in [0.15, 0.2) is 36.4 Å². The predicted molar refractivity (Wildman–Crippen MR) is 81.5 cm³/mol. The molecule has 1 aromatic rings. The molecule has 3 N–H and O–H groups in total. The van der Waals surface area contributed by atoms with Gasteiger partial charge in [0.25, 0.3) is 5.91 Å². The van der Waals surface area contributed by atoms with Gasteiger partial charge >= 0.3 is 5.97 Å². The quantitative estimate of drug-likeness (QED) is 0.737. The van der Waals surface area contributed by atoms with Crippen molar-refractivity contribution in [2.24, 2.45) is 11.8 Å². The molecule has 2 amide bonds. The van der Waals surface area contributed by atoms with Crippen LogP contribution in [-0.2, 0) is 9.59 Å². The van der Waals surface area contributed by atoms with Gasteiger partial charge in [-0.25, -0.2) is 0 Å². The maximum absolute atomic E-state index is 12.3. The fraction of sp³-hybridized carbons (Fsp3) is 0.312. The van der Waals surface area contributed by atoms with Gasteiger partial charge in [-0.1, -0.05) is 18.2 Å². The van der Waals surface area contributed by atoms with Crippen molar-refractivity contribution in [3.05, 3.63) is 42.0 Å². The number of hydrogen-bond acceptors (Lipinski definition) is 3. The Kier molecular flexibility index (Phi) is 4.93. The zero-order chi connectivity index (χ0) is 16.1. The number of amides is 2. The number of carbonyl (C=O) groups is 3. The molecule has 1 aromatic carbocycles. The molecule has 6 nitrogen and oxygen atoms in total. The van der Waals surface area contributed by atoms with Gasteiger partial charge < -0.3 is 15.7 Å². The number of carboxylic acids is 1. The topological polar surface area (TPSA) is 95.5 Å². The SMILES string of the molecule is CNC(=O)c1cccc(NC(=O)[C@H]2CC=CC[C@H]2C(=O)O)c1. The average molecular weight is 302 g/mol. The van der Waals surface area contributed by atoms with Gasteiger partial charge in [-0.3, -0.25) is 14.4 Å². The summed E-state index contributed by atoms with van der Waals surface area (Å²) < 4.78 is 0. The molecule has 6 heteroatoms. The second kappa shape index (κ2) is 6.89. The van der Waals surface area contributed by atoms with E-state index in [0.29, 0.717) is 24.1 Å². The van der Waals surface area contributed by atoms with Gasteiger partial charge in [0.2, 0.25) is 5.91 Å². The van der Waals surface area contributed by atoms with Crippen molar-refractivity contribution in [3.63, 3.8) is 0 Å². The van der Waals surface area contributed by atoms with Crippen LogP contribution in [0, 0.1) is 11.8 Å². The molecular weight excluding hydrogens is 284 g/mol. The van der Waals surface area contributed by atoms with E-state index in [1.807, 2.05) is 6.08 Å². The largest absolute Gasteiger partial charge is 0.481 e.